The van der Waals surface area contributed by atoms with E-state index >= 15 is 0 Å². The van der Waals surface area contributed by atoms with Gasteiger partial charge in [-0.25, -0.2) is 9.18 Å². The molecule has 0 spiro atoms. The lowest BCUT2D eigenvalue weighted by molar-refractivity contribution is -0.136. The first-order valence-corrected chi connectivity index (χ1v) is 9.04. The molecule has 1 aliphatic rings. The molecule has 0 bridgehead atoms. The van der Waals surface area contributed by atoms with Crippen molar-refractivity contribution in [3.8, 4) is 0 Å². The SMILES string of the molecule is COC(=O)C1=C(C)N(c2ccc(F)cc2)C(=O)/C1=C\c1ccc(C(C)C)cc1. The summed E-state index contributed by atoms with van der Waals surface area (Å²) in [5.74, 6) is -0.930. The van der Waals surface area contributed by atoms with Crippen LogP contribution in [0.5, 0.6) is 0 Å². The first kappa shape index (κ1) is 19.5. The number of anilines is 1. The Kier molecular flexibility index (Phi) is 5.45. The highest BCUT2D eigenvalue weighted by atomic mass is 19.1. The molecule has 0 N–H and O–H groups in total. The van der Waals surface area contributed by atoms with E-state index in [-0.39, 0.29) is 17.1 Å². The van der Waals surface area contributed by atoms with E-state index in [0.717, 1.165) is 5.56 Å². The van der Waals surface area contributed by atoms with Gasteiger partial charge in [-0.05, 0) is 54.3 Å². The molecule has 28 heavy (non-hydrogen) atoms. The summed E-state index contributed by atoms with van der Waals surface area (Å²) in [6, 6.07) is 13.4. The van der Waals surface area contributed by atoms with E-state index in [1.165, 1.54) is 41.8 Å². The third-order valence-electron chi connectivity index (χ3n) is 4.79. The predicted molar refractivity (Wildman–Crippen MR) is 107 cm³/mol. The molecule has 3 rings (SSSR count). The molecule has 2 aromatic rings. The van der Waals surface area contributed by atoms with Gasteiger partial charge in [-0.15, -0.1) is 0 Å². The van der Waals surface area contributed by atoms with Crippen molar-refractivity contribution in [1.82, 2.24) is 0 Å². The molecule has 0 saturated carbocycles. The number of benzene rings is 2. The molecule has 1 heterocycles. The molecule has 144 valence electrons. The minimum atomic E-state index is -0.583. The molecule has 0 radical (unpaired) electrons. The Hall–Kier alpha value is -3.21. The minimum absolute atomic E-state index is 0.213. The number of carbonyl (C=O) groups excluding carboxylic acids is 2. The summed E-state index contributed by atoms with van der Waals surface area (Å²) >= 11 is 0. The second-order valence-corrected chi connectivity index (χ2v) is 6.95. The van der Waals surface area contributed by atoms with Crippen molar-refractivity contribution in [2.75, 3.05) is 12.0 Å². The number of hydrogen-bond acceptors (Lipinski definition) is 3. The Bertz CT molecular complexity index is 970. The average molecular weight is 379 g/mol. The topological polar surface area (TPSA) is 46.6 Å². The number of hydrogen-bond donors (Lipinski definition) is 0. The zero-order chi connectivity index (χ0) is 20.4. The van der Waals surface area contributed by atoms with Crippen LogP contribution in [0.1, 0.15) is 37.8 Å². The molecule has 0 fully saturated rings. The second kappa shape index (κ2) is 7.80. The number of rotatable bonds is 4. The minimum Gasteiger partial charge on any atom is -0.465 e. The fraction of sp³-hybridized carbons (Fsp3) is 0.217. The highest BCUT2D eigenvalue weighted by Gasteiger charge is 2.37. The van der Waals surface area contributed by atoms with E-state index in [4.69, 9.17) is 4.74 Å². The highest BCUT2D eigenvalue weighted by molar-refractivity contribution is 6.23. The largest absolute Gasteiger partial charge is 0.465 e. The number of nitrogens with zero attached hydrogens (tertiary/aromatic N) is 1. The number of ether oxygens (including phenoxy) is 1. The molecule has 1 amide bonds. The van der Waals surface area contributed by atoms with Gasteiger partial charge in [0.25, 0.3) is 5.91 Å². The average Bonchev–Trinajstić information content (AvgIpc) is 2.92. The quantitative estimate of drug-likeness (QED) is 0.565. The molecule has 0 saturated heterocycles. The number of amides is 1. The fourth-order valence-electron chi connectivity index (χ4n) is 3.22. The van der Waals surface area contributed by atoms with Crippen LogP contribution in [0.3, 0.4) is 0 Å². The molecule has 0 unspecified atom stereocenters. The maximum Gasteiger partial charge on any atom is 0.340 e. The van der Waals surface area contributed by atoms with Crippen LogP contribution in [0.25, 0.3) is 6.08 Å². The number of allylic oxidation sites excluding steroid dienone is 1. The molecule has 2 aromatic carbocycles. The lowest BCUT2D eigenvalue weighted by Crippen LogP contribution is -2.24. The van der Waals surface area contributed by atoms with Gasteiger partial charge in [-0.1, -0.05) is 38.1 Å². The van der Waals surface area contributed by atoms with Crippen molar-refractivity contribution in [2.24, 2.45) is 0 Å². The van der Waals surface area contributed by atoms with Gasteiger partial charge in [0.1, 0.15) is 5.82 Å². The molecule has 0 aliphatic carbocycles. The van der Waals surface area contributed by atoms with Gasteiger partial charge in [0.05, 0.1) is 18.3 Å². The van der Waals surface area contributed by atoms with Crippen LogP contribution in [-0.2, 0) is 14.3 Å². The van der Waals surface area contributed by atoms with E-state index in [1.807, 2.05) is 24.3 Å². The lowest BCUT2D eigenvalue weighted by atomic mass is 9.99. The van der Waals surface area contributed by atoms with Gasteiger partial charge in [-0.3, -0.25) is 9.69 Å². The van der Waals surface area contributed by atoms with Crippen molar-refractivity contribution < 1.29 is 18.7 Å². The highest BCUT2D eigenvalue weighted by Crippen LogP contribution is 2.35. The summed E-state index contributed by atoms with van der Waals surface area (Å²) in [5.41, 5.74) is 3.41. The van der Waals surface area contributed by atoms with Gasteiger partial charge >= 0.3 is 5.97 Å². The molecular weight excluding hydrogens is 357 g/mol. The van der Waals surface area contributed by atoms with Gasteiger partial charge in [0, 0.05) is 11.4 Å². The summed E-state index contributed by atoms with van der Waals surface area (Å²) in [4.78, 5) is 26.9. The third kappa shape index (κ3) is 3.60. The van der Waals surface area contributed by atoms with E-state index in [0.29, 0.717) is 17.3 Å². The van der Waals surface area contributed by atoms with Crippen molar-refractivity contribution in [1.29, 1.82) is 0 Å². The van der Waals surface area contributed by atoms with Crippen LogP contribution in [0, 0.1) is 5.82 Å². The smallest absolute Gasteiger partial charge is 0.340 e. The maximum absolute atomic E-state index is 13.3. The number of esters is 1. The predicted octanol–water partition coefficient (Wildman–Crippen LogP) is 4.83. The van der Waals surface area contributed by atoms with Crippen LogP contribution in [0.4, 0.5) is 10.1 Å². The van der Waals surface area contributed by atoms with Gasteiger partial charge < -0.3 is 4.74 Å². The van der Waals surface area contributed by atoms with Crippen molar-refractivity contribution >= 4 is 23.6 Å². The molecule has 1 aliphatic heterocycles. The molecule has 0 aromatic heterocycles. The van der Waals surface area contributed by atoms with E-state index in [2.05, 4.69) is 13.8 Å². The number of halogens is 1. The molecule has 4 nitrogen and oxygen atoms in total. The monoisotopic (exact) mass is 379 g/mol. The summed E-state index contributed by atoms with van der Waals surface area (Å²) in [5, 5.41) is 0. The Morgan fingerprint density at radius 3 is 2.21 bits per heavy atom. The van der Waals surface area contributed by atoms with Crippen molar-refractivity contribution in [3.63, 3.8) is 0 Å². The van der Waals surface area contributed by atoms with E-state index in [1.54, 1.807) is 13.0 Å². The fourth-order valence-corrected chi connectivity index (χ4v) is 3.22. The summed E-state index contributed by atoms with van der Waals surface area (Å²) < 4.78 is 18.2. The first-order valence-electron chi connectivity index (χ1n) is 9.04. The zero-order valence-electron chi connectivity index (χ0n) is 16.3. The zero-order valence-corrected chi connectivity index (χ0v) is 16.3. The van der Waals surface area contributed by atoms with Crippen molar-refractivity contribution in [3.05, 3.63) is 82.3 Å². The summed E-state index contributed by atoms with van der Waals surface area (Å²) in [7, 11) is 1.28. The van der Waals surface area contributed by atoms with Gasteiger partial charge in [-0.2, -0.15) is 0 Å². The number of methoxy groups -OCH3 is 1. The molecule has 5 heteroatoms. The lowest BCUT2D eigenvalue weighted by Gasteiger charge is -2.17. The van der Waals surface area contributed by atoms with Crippen LogP contribution in [0.2, 0.25) is 0 Å². The van der Waals surface area contributed by atoms with Gasteiger partial charge in [0.2, 0.25) is 0 Å². The number of carbonyl (C=O) groups is 2. The Morgan fingerprint density at radius 2 is 1.68 bits per heavy atom. The Balaban J connectivity index is 2.07. The van der Waals surface area contributed by atoms with E-state index in [9.17, 15) is 14.0 Å². The van der Waals surface area contributed by atoms with Crippen molar-refractivity contribution in [2.45, 2.75) is 26.7 Å². The molecular formula is C23H22FNO3. The van der Waals surface area contributed by atoms with E-state index < -0.39 is 11.8 Å². The molecule has 0 atom stereocenters. The normalized spacial score (nSPS) is 15.7. The van der Waals surface area contributed by atoms with Crippen LogP contribution >= 0.6 is 0 Å². The Morgan fingerprint density at radius 1 is 1.07 bits per heavy atom. The second-order valence-electron chi connectivity index (χ2n) is 6.95. The third-order valence-corrected chi connectivity index (χ3v) is 4.79. The van der Waals surface area contributed by atoms with Crippen LogP contribution in [-0.4, -0.2) is 19.0 Å². The first-order chi connectivity index (χ1) is 13.3. The maximum atomic E-state index is 13.3. The summed E-state index contributed by atoms with van der Waals surface area (Å²) in [6.07, 6.45) is 1.69. The standard InChI is InChI=1S/C23H22FNO3/c1-14(2)17-7-5-16(6-8-17)13-20-21(23(27)28-4)15(3)25(22(20)26)19-11-9-18(24)10-12-19/h5-14H,1-4H3/b20-13-. The van der Waals surface area contributed by atoms with Crippen LogP contribution < -0.4 is 4.90 Å². The summed E-state index contributed by atoms with van der Waals surface area (Å²) in [6.45, 7) is 5.89. The van der Waals surface area contributed by atoms with Gasteiger partial charge in [0.15, 0.2) is 0 Å². The Labute approximate surface area is 163 Å². The van der Waals surface area contributed by atoms with Crippen LogP contribution in [0.15, 0.2) is 65.4 Å².